The number of hydrogen-bond acceptors (Lipinski definition) is 14. The van der Waals surface area contributed by atoms with Crippen molar-refractivity contribution in [2.24, 2.45) is 5.92 Å². The predicted octanol–water partition coefficient (Wildman–Crippen LogP) is 2.00. The van der Waals surface area contributed by atoms with Gasteiger partial charge in [0.25, 0.3) is 5.91 Å². The second kappa shape index (κ2) is 21.5. The minimum absolute atomic E-state index is 0.0248. The van der Waals surface area contributed by atoms with E-state index in [-0.39, 0.29) is 39.3 Å². The van der Waals surface area contributed by atoms with E-state index in [1.165, 1.54) is 54.6 Å². The Morgan fingerprint density at radius 1 is 0.778 bits per heavy atom. The summed E-state index contributed by atoms with van der Waals surface area (Å²) in [6, 6.07) is 5.10. The van der Waals surface area contributed by atoms with E-state index < -0.39 is 115 Å². The second-order valence-corrected chi connectivity index (χ2v) is 14.6. The summed E-state index contributed by atoms with van der Waals surface area (Å²) in [5.74, 6) is -9.14. The lowest BCUT2D eigenvalue weighted by atomic mass is 9.89. The third-order valence-electron chi connectivity index (χ3n) is 10.2. The van der Waals surface area contributed by atoms with Crippen molar-refractivity contribution in [3.63, 3.8) is 0 Å². The molecular weight excluding hydrogens is 831 g/mol. The Morgan fingerprint density at radius 2 is 1.44 bits per heavy atom. The third-order valence-corrected chi connectivity index (χ3v) is 10.2. The molecular formula is C43H47FN4O15. The highest BCUT2D eigenvalue weighted by Crippen LogP contribution is 2.42. The molecule has 4 amide bonds. The van der Waals surface area contributed by atoms with Crippen LogP contribution in [0.4, 0.5) is 4.39 Å². The molecule has 0 unspecified atom stereocenters. The Bertz CT molecular complexity index is 2430. The quantitative estimate of drug-likeness (QED) is 0.0494. The molecule has 6 atom stereocenters. The van der Waals surface area contributed by atoms with Crippen molar-refractivity contribution in [1.82, 2.24) is 21.3 Å². The first-order valence-corrected chi connectivity index (χ1v) is 19.5. The van der Waals surface area contributed by atoms with Gasteiger partial charge in [-0.25, -0.2) is 9.18 Å². The fourth-order valence-corrected chi connectivity index (χ4v) is 6.56. The Labute approximate surface area is 358 Å². The highest BCUT2D eigenvalue weighted by molar-refractivity contribution is 6.09. The lowest BCUT2D eigenvalue weighted by molar-refractivity contribution is -0.144. The molecule has 0 aromatic heterocycles. The van der Waals surface area contributed by atoms with Gasteiger partial charge in [-0.15, -0.1) is 0 Å². The van der Waals surface area contributed by atoms with E-state index in [1.54, 1.807) is 13.8 Å². The van der Waals surface area contributed by atoms with Gasteiger partial charge in [-0.1, -0.05) is 20.3 Å². The fraction of sp³-hybridized carbons (Fsp3) is 0.372. The van der Waals surface area contributed by atoms with Crippen LogP contribution in [-0.4, -0.2) is 114 Å². The molecule has 0 radical (unpaired) electrons. The van der Waals surface area contributed by atoms with Crippen molar-refractivity contribution in [3.8, 4) is 28.2 Å². The maximum atomic E-state index is 14.1. The number of halogens is 1. The highest BCUT2D eigenvalue weighted by Gasteiger charge is 2.35. The maximum absolute atomic E-state index is 14.1. The Kier molecular flexibility index (Phi) is 16.6. The van der Waals surface area contributed by atoms with Crippen LogP contribution in [0.3, 0.4) is 0 Å². The molecule has 7 N–H and O–H groups in total. The van der Waals surface area contributed by atoms with Crippen LogP contribution in [0.1, 0.15) is 67.2 Å². The smallest absolute Gasteiger partial charge is 0.336 e. The second-order valence-electron chi connectivity index (χ2n) is 14.6. The predicted molar refractivity (Wildman–Crippen MR) is 220 cm³/mol. The van der Waals surface area contributed by atoms with Gasteiger partial charge in [-0.2, -0.15) is 0 Å². The lowest BCUT2D eigenvalue weighted by Gasteiger charge is -2.28. The number of aromatic hydroxyl groups is 1. The fourth-order valence-electron chi connectivity index (χ4n) is 6.56. The summed E-state index contributed by atoms with van der Waals surface area (Å²) in [5, 5.41) is 40.7. The third kappa shape index (κ3) is 12.0. The van der Waals surface area contributed by atoms with Gasteiger partial charge in [-0.05, 0) is 67.3 Å². The average Bonchev–Trinajstić information content (AvgIpc) is 3.25. The highest BCUT2D eigenvalue weighted by atomic mass is 19.1. The zero-order chi connectivity index (χ0) is 46.7. The molecule has 63 heavy (non-hydrogen) atoms. The van der Waals surface area contributed by atoms with Crippen LogP contribution in [0, 0.1) is 5.92 Å². The number of esters is 2. The van der Waals surface area contributed by atoms with Crippen LogP contribution in [-0.2, 0) is 38.2 Å². The molecule has 0 saturated carbocycles. The van der Waals surface area contributed by atoms with E-state index in [4.69, 9.17) is 4.42 Å². The summed E-state index contributed by atoms with van der Waals surface area (Å²) in [4.78, 5) is 116. The van der Waals surface area contributed by atoms with Crippen molar-refractivity contribution < 1.29 is 72.0 Å². The maximum Gasteiger partial charge on any atom is 0.336 e. The summed E-state index contributed by atoms with van der Waals surface area (Å²) < 4.78 is 28.3. The SMILES string of the molecule is CC[C@H](C)[C@H](NC(=O)c1ccc(C(=O)O)c(-c2c3ccc(=O)cc-3oc3cc(O)ccc23)c1)C(=O)N[C@@H](CCC(=O)OC)C(=O)N[C@H](C(=O)N[C@H](CC(=O)OC)C(=O)CF)[C@@H](C)O. The van der Waals surface area contributed by atoms with Crippen molar-refractivity contribution in [2.45, 2.75) is 76.7 Å². The van der Waals surface area contributed by atoms with Crippen molar-refractivity contribution in [1.29, 1.82) is 0 Å². The first-order valence-electron chi connectivity index (χ1n) is 19.5. The summed E-state index contributed by atoms with van der Waals surface area (Å²) in [5.41, 5.74) is -0.0751. The van der Waals surface area contributed by atoms with E-state index >= 15 is 0 Å². The molecule has 0 fully saturated rings. The zero-order valence-corrected chi connectivity index (χ0v) is 34.8. The van der Waals surface area contributed by atoms with Crippen molar-refractivity contribution in [3.05, 3.63) is 75.9 Å². The summed E-state index contributed by atoms with van der Waals surface area (Å²) >= 11 is 0. The minimum atomic E-state index is -1.84. The molecule has 1 aliphatic carbocycles. The molecule has 0 bridgehead atoms. The molecule has 2 aliphatic rings. The van der Waals surface area contributed by atoms with E-state index in [0.29, 0.717) is 17.4 Å². The number of aliphatic hydroxyl groups is 1. The largest absolute Gasteiger partial charge is 0.508 e. The molecule has 336 valence electrons. The molecule has 1 aliphatic heterocycles. The summed E-state index contributed by atoms with van der Waals surface area (Å²) in [6.45, 7) is 2.88. The number of carboxylic acid groups (broad SMARTS) is 1. The number of Topliss-reactive ketones (excluding diaryl/α,β-unsaturated/α-hetero) is 1. The number of nitrogens with one attached hydrogen (secondary N) is 4. The van der Waals surface area contributed by atoms with Gasteiger partial charge in [0.1, 0.15) is 47.9 Å². The molecule has 2 aromatic rings. The standard InChI is InChI=1S/C43H47FN4O15/c1-6-20(2)37(41(57)45-29(13-14-34(53)61-4)40(56)48-38(21(3)49)42(58)46-30(31(52)19-44)18-35(54)62-5)47-39(55)22-7-10-25(43(59)60)28(15-22)36-26-11-8-23(50)16-32(26)63-33-17-24(51)9-12-27(33)36/h7-12,15-17,20-21,29-30,37-38,49-50H,6,13-14,18-19H2,1-5H3,(H,45,57)(H,46,58)(H,47,55)(H,48,56)(H,59,60)/t20-,21+,29-,30+,37-,38-/m0/s1. The molecule has 4 rings (SSSR count). The number of ketones is 1. The molecule has 0 saturated heterocycles. The number of aliphatic hydroxyl groups excluding tert-OH is 1. The van der Waals surface area contributed by atoms with Crippen LogP contribution < -0.4 is 26.7 Å². The van der Waals surface area contributed by atoms with Gasteiger partial charge in [0, 0.05) is 40.6 Å². The summed E-state index contributed by atoms with van der Waals surface area (Å²) in [7, 11) is 2.09. The van der Waals surface area contributed by atoms with Crippen LogP contribution in [0.25, 0.3) is 33.4 Å². The van der Waals surface area contributed by atoms with Gasteiger partial charge in [0.05, 0.1) is 32.3 Å². The van der Waals surface area contributed by atoms with Gasteiger partial charge < -0.3 is 50.5 Å². The number of alkyl halides is 1. The number of phenolic OH excluding ortho intramolecular Hbond substituents is 1. The molecule has 19 nitrogen and oxygen atoms in total. The van der Waals surface area contributed by atoms with E-state index in [0.717, 1.165) is 21.1 Å². The summed E-state index contributed by atoms with van der Waals surface area (Å²) in [6.07, 6.45) is -2.97. The van der Waals surface area contributed by atoms with Crippen molar-refractivity contribution >= 4 is 58.3 Å². The Morgan fingerprint density at radius 3 is 2.06 bits per heavy atom. The topological polar surface area (TPSA) is 294 Å². The number of fused-ring (bicyclic) bond motifs is 2. The number of carbonyl (C=O) groups is 8. The molecule has 2 aromatic carbocycles. The van der Waals surface area contributed by atoms with Gasteiger partial charge in [-0.3, -0.25) is 38.4 Å². The van der Waals surface area contributed by atoms with Gasteiger partial charge in [0.2, 0.25) is 17.7 Å². The van der Waals surface area contributed by atoms with Crippen LogP contribution in [0.15, 0.2) is 63.8 Å². The zero-order valence-electron chi connectivity index (χ0n) is 34.8. The van der Waals surface area contributed by atoms with Crippen molar-refractivity contribution in [2.75, 3.05) is 20.9 Å². The Hall–Kier alpha value is -7.22. The van der Waals surface area contributed by atoms with Gasteiger partial charge in [0.15, 0.2) is 11.2 Å². The van der Waals surface area contributed by atoms with Crippen LogP contribution in [0.5, 0.6) is 5.75 Å². The number of amides is 4. The molecule has 0 spiro atoms. The number of methoxy groups -OCH3 is 2. The number of benzene rings is 3. The van der Waals surface area contributed by atoms with Crippen LogP contribution >= 0.6 is 0 Å². The van der Waals surface area contributed by atoms with E-state index in [9.17, 15) is 62.9 Å². The average molecular weight is 879 g/mol. The number of carbonyl (C=O) groups excluding carboxylic acids is 7. The Balaban J connectivity index is 1.68. The minimum Gasteiger partial charge on any atom is -0.508 e. The number of rotatable bonds is 20. The first-order chi connectivity index (χ1) is 29.8. The number of hydrogen-bond donors (Lipinski definition) is 7. The van der Waals surface area contributed by atoms with Crippen LogP contribution in [0.2, 0.25) is 0 Å². The van der Waals surface area contributed by atoms with Gasteiger partial charge >= 0.3 is 17.9 Å². The number of aromatic carboxylic acids is 1. The number of ether oxygens (including phenoxy) is 2. The normalized spacial score (nSPS) is 14.0. The van der Waals surface area contributed by atoms with E-state index in [2.05, 4.69) is 30.7 Å². The monoisotopic (exact) mass is 878 g/mol. The lowest BCUT2D eigenvalue weighted by Crippen LogP contribution is -2.60. The molecule has 1 heterocycles. The molecule has 20 heteroatoms. The first kappa shape index (κ1) is 48.4. The van der Waals surface area contributed by atoms with E-state index in [1.807, 2.05) is 0 Å². The number of carboxylic acids is 1. The number of phenols is 1.